The molecule has 0 aliphatic heterocycles. The molecule has 0 radical (unpaired) electrons. The molecule has 0 fully saturated rings. The maximum absolute atomic E-state index is 11.6. The number of benzene rings is 1. The van der Waals surface area contributed by atoms with E-state index in [-0.39, 0.29) is 5.78 Å². The summed E-state index contributed by atoms with van der Waals surface area (Å²) >= 11 is 3.32. The van der Waals surface area contributed by atoms with E-state index in [1.807, 2.05) is 12.1 Å². The van der Waals surface area contributed by atoms with Gasteiger partial charge in [-0.3, -0.25) is 9.78 Å². The number of ether oxygens (including phenoxy) is 1. The first kappa shape index (κ1) is 14.5. The quantitative estimate of drug-likeness (QED) is 0.673. The van der Waals surface area contributed by atoms with Crippen LogP contribution in [0.25, 0.3) is 0 Å². The second kappa shape index (κ2) is 6.52. The standard InChI is InChI=1S/C15H15BrN2O2/c1-10(19)13-7-12(16)8-14(17)15(13)20-6-4-11-3-2-5-18-9-11/h2-3,5,7-9H,4,6,17H2,1H3. The van der Waals surface area contributed by atoms with E-state index in [1.54, 1.807) is 24.5 Å². The second-order valence-electron chi connectivity index (χ2n) is 4.39. The minimum atomic E-state index is -0.0747. The fraction of sp³-hybridized carbons (Fsp3) is 0.200. The first-order valence-electron chi connectivity index (χ1n) is 6.19. The van der Waals surface area contributed by atoms with Crippen molar-refractivity contribution in [2.45, 2.75) is 13.3 Å². The number of aromatic nitrogens is 1. The number of halogens is 1. The maximum Gasteiger partial charge on any atom is 0.163 e. The van der Waals surface area contributed by atoms with Crippen LogP contribution in [0.5, 0.6) is 5.75 Å². The van der Waals surface area contributed by atoms with Gasteiger partial charge in [0, 0.05) is 23.3 Å². The Morgan fingerprint density at radius 1 is 1.45 bits per heavy atom. The molecular formula is C15H15BrN2O2. The predicted octanol–water partition coefficient (Wildman–Crippen LogP) is 3.25. The van der Waals surface area contributed by atoms with E-state index in [0.29, 0.717) is 30.0 Å². The summed E-state index contributed by atoms with van der Waals surface area (Å²) in [6.07, 6.45) is 4.23. The van der Waals surface area contributed by atoms with Gasteiger partial charge < -0.3 is 10.5 Å². The normalized spacial score (nSPS) is 10.3. The summed E-state index contributed by atoms with van der Waals surface area (Å²) in [5, 5.41) is 0. The number of carbonyl (C=O) groups is 1. The van der Waals surface area contributed by atoms with Gasteiger partial charge in [-0.2, -0.15) is 0 Å². The van der Waals surface area contributed by atoms with E-state index < -0.39 is 0 Å². The minimum Gasteiger partial charge on any atom is -0.490 e. The molecule has 0 aliphatic carbocycles. The molecule has 0 amide bonds. The van der Waals surface area contributed by atoms with Gasteiger partial charge >= 0.3 is 0 Å². The van der Waals surface area contributed by atoms with Crippen LogP contribution < -0.4 is 10.5 Å². The van der Waals surface area contributed by atoms with Crippen molar-refractivity contribution in [2.24, 2.45) is 0 Å². The molecule has 1 aromatic carbocycles. The number of nitrogens with zero attached hydrogens (tertiary/aromatic N) is 1. The molecule has 2 rings (SSSR count). The molecule has 0 saturated carbocycles. The molecule has 0 atom stereocenters. The number of nitrogen functional groups attached to an aromatic ring is 1. The van der Waals surface area contributed by atoms with Gasteiger partial charge in [0.2, 0.25) is 0 Å². The predicted molar refractivity (Wildman–Crippen MR) is 82.0 cm³/mol. The number of Topliss-reactive ketones (excluding diaryl/α,β-unsaturated/α-hetero) is 1. The van der Waals surface area contributed by atoms with Crippen molar-refractivity contribution < 1.29 is 9.53 Å². The van der Waals surface area contributed by atoms with Gasteiger partial charge in [-0.1, -0.05) is 22.0 Å². The highest BCUT2D eigenvalue weighted by atomic mass is 79.9. The Labute approximate surface area is 126 Å². The third-order valence-electron chi connectivity index (χ3n) is 2.82. The van der Waals surface area contributed by atoms with E-state index in [9.17, 15) is 4.79 Å². The zero-order valence-corrected chi connectivity index (χ0v) is 12.7. The molecule has 4 nitrogen and oxygen atoms in total. The fourth-order valence-corrected chi connectivity index (χ4v) is 2.33. The molecule has 104 valence electrons. The number of hydrogen-bond donors (Lipinski definition) is 1. The molecule has 0 unspecified atom stereocenters. The van der Waals surface area contributed by atoms with Gasteiger partial charge in [0.15, 0.2) is 11.5 Å². The number of anilines is 1. The summed E-state index contributed by atoms with van der Waals surface area (Å²) in [5.74, 6) is 0.374. The van der Waals surface area contributed by atoms with E-state index in [4.69, 9.17) is 10.5 Å². The lowest BCUT2D eigenvalue weighted by molar-refractivity contribution is 0.101. The first-order chi connectivity index (χ1) is 9.58. The average molecular weight is 335 g/mol. The maximum atomic E-state index is 11.6. The molecule has 0 spiro atoms. The van der Waals surface area contributed by atoms with Gasteiger partial charge in [0.1, 0.15) is 0 Å². The highest BCUT2D eigenvalue weighted by Gasteiger charge is 2.13. The van der Waals surface area contributed by atoms with E-state index in [2.05, 4.69) is 20.9 Å². The molecule has 5 heteroatoms. The van der Waals surface area contributed by atoms with Crippen LogP contribution in [0.2, 0.25) is 0 Å². The summed E-state index contributed by atoms with van der Waals surface area (Å²) in [6, 6.07) is 7.31. The molecule has 0 saturated heterocycles. The summed E-state index contributed by atoms with van der Waals surface area (Å²) < 4.78 is 6.46. The van der Waals surface area contributed by atoms with Crippen LogP contribution in [-0.4, -0.2) is 17.4 Å². The molecule has 1 aromatic heterocycles. The number of ketones is 1. The first-order valence-corrected chi connectivity index (χ1v) is 6.99. The number of hydrogen-bond acceptors (Lipinski definition) is 4. The molecule has 0 bridgehead atoms. The number of carbonyl (C=O) groups excluding carboxylic acids is 1. The Morgan fingerprint density at radius 2 is 2.25 bits per heavy atom. The van der Waals surface area contributed by atoms with Crippen molar-refractivity contribution in [1.29, 1.82) is 0 Å². The van der Waals surface area contributed by atoms with Crippen molar-refractivity contribution in [3.63, 3.8) is 0 Å². The van der Waals surface area contributed by atoms with Crippen LogP contribution in [0.4, 0.5) is 5.69 Å². The summed E-state index contributed by atoms with van der Waals surface area (Å²) in [4.78, 5) is 15.7. The van der Waals surface area contributed by atoms with E-state index in [1.165, 1.54) is 6.92 Å². The van der Waals surface area contributed by atoms with Crippen molar-refractivity contribution in [3.05, 3.63) is 52.3 Å². The Bertz CT molecular complexity index is 615. The summed E-state index contributed by atoms with van der Waals surface area (Å²) in [7, 11) is 0. The average Bonchev–Trinajstić information content (AvgIpc) is 2.41. The Morgan fingerprint density at radius 3 is 2.90 bits per heavy atom. The van der Waals surface area contributed by atoms with Gasteiger partial charge in [0.05, 0.1) is 17.9 Å². The Kier molecular flexibility index (Phi) is 4.74. The van der Waals surface area contributed by atoms with Crippen LogP contribution in [0.15, 0.2) is 41.1 Å². The summed E-state index contributed by atoms with van der Waals surface area (Å²) in [6.45, 7) is 1.94. The Balaban J connectivity index is 2.11. The monoisotopic (exact) mass is 334 g/mol. The number of pyridine rings is 1. The highest BCUT2D eigenvalue weighted by Crippen LogP contribution is 2.31. The lowest BCUT2D eigenvalue weighted by Gasteiger charge is -2.13. The molecule has 2 N–H and O–H groups in total. The van der Waals surface area contributed by atoms with E-state index >= 15 is 0 Å². The van der Waals surface area contributed by atoms with Crippen LogP contribution in [-0.2, 0) is 6.42 Å². The largest absolute Gasteiger partial charge is 0.490 e. The van der Waals surface area contributed by atoms with Crippen LogP contribution in [0.3, 0.4) is 0 Å². The van der Waals surface area contributed by atoms with Crippen LogP contribution >= 0.6 is 15.9 Å². The van der Waals surface area contributed by atoms with Gasteiger partial charge in [0.25, 0.3) is 0 Å². The van der Waals surface area contributed by atoms with Crippen molar-refractivity contribution in [2.75, 3.05) is 12.3 Å². The van der Waals surface area contributed by atoms with Gasteiger partial charge in [-0.25, -0.2) is 0 Å². The molecule has 2 aromatic rings. The second-order valence-corrected chi connectivity index (χ2v) is 5.30. The minimum absolute atomic E-state index is 0.0747. The third-order valence-corrected chi connectivity index (χ3v) is 3.28. The van der Waals surface area contributed by atoms with Crippen molar-refractivity contribution >= 4 is 27.4 Å². The topological polar surface area (TPSA) is 65.2 Å². The van der Waals surface area contributed by atoms with Crippen LogP contribution in [0.1, 0.15) is 22.8 Å². The zero-order chi connectivity index (χ0) is 14.5. The lowest BCUT2D eigenvalue weighted by Crippen LogP contribution is -2.08. The van der Waals surface area contributed by atoms with Gasteiger partial charge in [-0.05, 0) is 30.7 Å². The van der Waals surface area contributed by atoms with Crippen molar-refractivity contribution in [3.8, 4) is 5.75 Å². The van der Waals surface area contributed by atoms with Crippen LogP contribution in [0, 0.1) is 0 Å². The van der Waals surface area contributed by atoms with E-state index in [0.717, 1.165) is 10.0 Å². The molecule has 0 aliphatic rings. The van der Waals surface area contributed by atoms with Crippen molar-refractivity contribution in [1.82, 2.24) is 4.98 Å². The SMILES string of the molecule is CC(=O)c1cc(Br)cc(N)c1OCCc1cccnc1. The highest BCUT2D eigenvalue weighted by molar-refractivity contribution is 9.10. The Hall–Kier alpha value is -1.88. The lowest BCUT2D eigenvalue weighted by atomic mass is 10.1. The zero-order valence-electron chi connectivity index (χ0n) is 11.1. The van der Waals surface area contributed by atoms with Gasteiger partial charge in [-0.15, -0.1) is 0 Å². The summed E-state index contributed by atoms with van der Waals surface area (Å²) in [5.41, 5.74) is 7.94. The number of nitrogens with two attached hydrogens (primary N) is 1. The number of rotatable bonds is 5. The fourth-order valence-electron chi connectivity index (χ4n) is 1.85. The third kappa shape index (κ3) is 3.57. The molecular weight excluding hydrogens is 320 g/mol. The molecule has 20 heavy (non-hydrogen) atoms. The molecule has 1 heterocycles. The smallest absolute Gasteiger partial charge is 0.163 e.